The van der Waals surface area contributed by atoms with E-state index in [1.165, 1.54) is 28.8 Å². The van der Waals surface area contributed by atoms with Crippen LogP contribution in [-0.2, 0) is 16.0 Å². The van der Waals surface area contributed by atoms with Crippen LogP contribution in [0.3, 0.4) is 0 Å². The molecule has 150 valence electrons. The summed E-state index contributed by atoms with van der Waals surface area (Å²) >= 11 is 3.19. The number of nitrogens with zero attached hydrogens (tertiary/aromatic N) is 2. The van der Waals surface area contributed by atoms with Crippen molar-refractivity contribution >= 4 is 38.9 Å². The number of ether oxygens (including phenoxy) is 1. The van der Waals surface area contributed by atoms with E-state index in [4.69, 9.17) is 4.74 Å². The van der Waals surface area contributed by atoms with E-state index in [0.29, 0.717) is 16.7 Å². The maximum atomic E-state index is 14.5. The number of fused-ring (bicyclic) bond motifs is 1. The molecule has 3 rings (SSSR count). The molecule has 0 saturated heterocycles. The average Bonchev–Trinajstić information content (AvgIpc) is 2.67. The van der Waals surface area contributed by atoms with Gasteiger partial charge in [-0.05, 0) is 37.3 Å². The number of carbonyl (C=O) groups excluding carboxylic acids is 1. The SMILES string of the molecule is CCOC(=O)/C=C/c1cc2c(=O)n(-c3ccc(Br)cc3F)c(CC)nc2cc1F. The minimum absolute atomic E-state index is 0.0246. The van der Waals surface area contributed by atoms with E-state index >= 15 is 0 Å². The Balaban J connectivity index is 2.23. The Morgan fingerprint density at radius 2 is 1.97 bits per heavy atom. The van der Waals surface area contributed by atoms with Gasteiger partial charge in [-0.2, -0.15) is 0 Å². The zero-order chi connectivity index (χ0) is 21.1. The fourth-order valence-corrected chi connectivity index (χ4v) is 3.23. The molecular formula is C21H17BrF2N2O3. The van der Waals surface area contributed by atoms with Gasteiger partial charge in [0.25, 0.3) is 5.56 Å². The molecule has 1 aromatic heterocycles. The zero-order valence-corrected chi connectivity index (χ0v) is 17.3. The van der Waals surface area contributed by atoms with Crippen LogP contribution in [0.25, 0.3) is 22.7 Å². The predicted octanol–water partition coefficient (Wildman–Crippen LogP) is 4.57. The topological polar surface area (TPSA) is 61.2 Å². The lowest BCUT2D eigenvalue weighted by Crippen LogP contribution is -2.24. The lowest BCUT2D eigenvalue weighted by molar-refractivity contribution is -0.137. The smallest absolute Gasteiger partial charge is 0.330 e. The van der Waals surface area contributed by atoms with Crippen molar-refractivity contribution in [1.82, 2.24) is 9.55 Å². The highest BCUT2D eigenvalue weighted by Crippen LogP contribution is 2.22. The van der Waals surface area contributed by atoms with Crippen molar-refractivity contribution in [1.29, 1.82) is 0 Å². The van der Waals surface area contributed by atoms with Crippen LogP contribution in [-0.4, -0.2) is 22.1 Å². The summed E-state index contributed by atoms with van der Waals surface area (Å²) in [6.07, 6.45) is 2.64. The molecule has 8 heteroatoms. The largest absolute Gasteiger partial charge is 0.463 e. The number of benzene rings is 2. The fraction of sp³-hybridized carbons (Fsp3) is 0.190. The van der Waals surface area contributed by atoms with Gasteiger partial charge in [-0.3, -0.25) is 9.36 Å². The van der Waals surface area contributed by atoms with Crippen LogP contribution in [0.5, 0.6) is 0 Å². The molecule has 0 fully saturated rings. The van der Waals surface area contributed by atoms with E-state index in [1.54, 1.807) is 19.9 Å². The van der Waals surface area contributed by atoms with Gasteiger partial charge in [-0.15, -0.1) is 0 Å². The Hall–Kier alpha value is -2.87. The first-order chi connectivity index (χ1) is 13.8. The second kappa shape index (κ2) is 8.65. The highest BCUT2D eigenvalue weighted by molar-refractivity contribution is 9.10. The van der Waals surface area contributed by atoms with Crippen LogP contribution >= 0.6 is 15.9 Å². The minimum Gasteiger partial charge on any atom is -0.463 e. The number of halogens is 3. The van der Waals surface area contributed by atoms with Crippen molar-refractivity contribution in [2.75, 3.05) is 6.61 Å². The van der Waals surface area contributed by atoms with Crippen LogP contribution < -0.4 is 5.56 Å². The predicted molar refractivity (Wildman–Crippen MR) is 110 cm³/mol. The number of carbonyl (C=O) groups is 1. The monoisotopic (exact) mass is 462 g/mol. The Morgan fingerprint density at radius 3 is 2.62 bits per heavy atom. The van der Waals surface area contributed by atoms with E-state index in [-0.39, 0.29) is 28.8 Å². The third kappa shape index (κ3) is 4.27. The van der Waals surface area contributed by atoms with Gasteiger partial charge < -0.3 is 4.74 Å². The lowest BCUT2D eigenvalue weighted by atomic mass is 10.1. The fourth-order valence-electron chi connectivity index (χ4n) is 2.89. The first-order valence-corrected chi connectivity index (χ1v) is 9.70. The van der Waals surface area contributed by atoms with Crippen LogP contribution in [0.2, 0.25) is 0 Å². The van der Waals surface area contributed by atoms with Crippen molar-refractivity contribution in [2.24, 2.45) is 0 Å². The average molecular weight is 463 g/mol. The van der Waals surface area contributed by atoms with Crippen LogP contribution in [0.15, 0.2) is 45.7 Å². The Bertz CT molecular complexity index is 1190. The van der Waals surface area contributed by atoms with Gasteiger partial charge in [0, 0.05) is 28.6 Å². The Labute approximate surface area is 173 Å². The standard InChI is InChI=1S/C21H17BrF2N2O3/c1-3-19-25-17-11-15(23)12(5-8-20(27)29-4-2)9-14(17)21(28)26(19)18-7-6-13(22)10-16(18)24/h5-11H,3-4H2,1-2H3/b8-5+. The quantitative estimate of drug-likeness (QED) is 0.411. The highest BCUT2D eigenvalue weighted by Gasteiger charge is 2.16. The van der Waals surface area contributed by atoms with Gasteiger partial charge in [0.05, 0.1) is 23.2 Å². The van der Waals surface area contributed by atoms with Gasteiger partial charge in [-0.1, -0.05) is 22.9 Å². The summed E-state index contributed by atoms with van der Waals surface area (Å²) in [4.78, 5) is 29.0. The van der Waals surface area contributed by atoms with Crippen LogP contribution in [0, 0.1) is 11.6 Å². The van der Waals surface area contributed by atoms with Crippen molar-refractivity contribution in [3.8, 4) is 5.69 Å². The van der Waals surface area contributed by atoms with Crippen LogP contribution in [0.1, 0.15) is 25.2 Å². The molecule has 0 N–H and O–H groups in total. The summed E-state index contributed by atoms with van der Waals surface area (Å²) in [6, 6.07) is 6.76. The molecular weight excluding hydrogens is 446 g/mol. The molecule has 0 atom stereocenters. The maximum Gasteiger partial charge on any atom is 0.330 e. The summed E-state index contributed by atoms with van der Waals surface area (Å²) in [6.45, 7) is 3.62. The lowest BCUT2D eigenvalue weighted by Gasteiger charge is -2.14. The molecule has 29 heavy (non-hydrogen) atoms. The first-order valence-electron chi connectivity index (χ1n) is 8.91. The number of hydrogen-bond acceptors (Lipinski definition) is 4. The first kappa shape index (κ1) is 20.9. The molecule has 1 heterocycles. The van der Waals surface area contributed by atoms with Crippen molar-refractivity contribution in [3.05, 3.63) is 74.3 Å². The Kier molecular flexibility index (Phi) is 6.22. The molecule has 0 aliphatic carbocycles. The molecule has 0 bridgehead atoms. The summed E-state index contributed by atoms with van der Waals surface area (Å²) in [5.74, 6) is -1.56. The number of hydrogen-bond donors (Lipinski definition) is 0. The molecule has 2 aromatic carbocycles. The second-order valence-corrected chi connectivity index (χ2v) is 7.01. The van der Waals surface area contributed by atoms with Gasteiger partial charge in [-0.25, -0.2) is 18.6 Å². The third-order valence-corrected chi connectivity index (χ3v) is 4.70. The Morgan fingerprint density at radius 1 is 1.21 bits per heavy atom. The number of aryl methyl sites for hydroxylation is 1. The molecule has 0 radical (unpaired) electrons. The number of rotatable bonds is 5. The van der Waals surface area contributed by atoms with Crippen molar-refractivity contribution in [3.63, 3.8) is 0 Å². The van der Waals surface area contributed by atoms with E-state index in [9.17, 15) is 18.4 Å². The molecule has 0 unspecified atom stereocenters. The number of aromatic nitrogens is 2. The minimum atomic E-state index is -0.639. The van der Waals surface area contributed by atoms with E-state index < -0.39 is 23.2 Å². The summed E-state index contributed by atoms with van der Waals surface area (Å²) in [5.41, 5.74) is -0.292. The second-order valence-electron chi connectivity index (χ2n) is 6.09. The van der Waals surface area contributed by atoms with E-state index in [1.807, 2.05) is 0 Å². The van der Waals surface area contributed by atoms with Crippen molar-refractivity contribution < 1.29 is 18.3 Å². The molecule has 0 aliphatic heterocycles. The summed E-state index contributed by atoms with van der Waals surface area (Å²) in [7, 11) is 0. The molecule has 0 amide bonds. The van der Waals surface area contributed by atoms with E-state index in [0.717, 1.165) is 12.1 Å². The number of esters is 1. The van der Waals surface area contributed by atoms with Crippen LogP contribution in [0.4, 0.5) is 8.78 Å². The molecule has 0 spiro atoms. The van der Waals surface area contributed by atoms with E-state index in [2.05, 4.69) is 20.9 Å². The molecule has 5 nitrogen and oxygen atoms in total. The highest BCUT2D eigenvalue weighted by atomic mass is 79.9. The molecule has 0 aliphatic rings. The molecule has 0 saturated carbocycles. The van der Waals surface area contributed by atoms with Crippen molar-refractivity contribution in [2.45, 2.75) is 20.3 Å². The van der Waals surface area contributed by atoms with Gasteiger partial charge >= 0.3 is 5.97 Å². The summed E-state index contributed by atoms with van der Waals surface area (Å²) < 4.78 is 35.4. The summed E-state index contributed by atoms with van der Waals surface area (Å²) in [5, 5.41) is 0.106. The normalized spacial score (nSPS) is 11.3. The zero-order valence-electron chi connectivity index (χ0n) is 15.7. The third-order valence-electron chi connectivity index (χ3n) is 4.21. The maximum absolute atomic E-state index is 14.5. The molecule has 3 aromatic rings. The van der Waals surface area contributed by atoms with Gasteiger partial charge in [0.2, 0.25) is 0 Å². The van der Waals surface area contributed by atoms with Gasteiger partial charge in [0.1, 0.15) is 17.5 Å². The van der Waals surface area contributed by atoms with Gasteiger partial charge in [0.15, 0.2) is 0 Å².